The van der Waals surface area contributed by atoms with E-state index in [-0.39, 0.29) is 11.4 Å². The number of hydrogen-bond acceptors (Lipinski definition) is 5. The summed E-state index contributed by atoms with van der Waals surface area (Å²) < 4.78 is 46.3. The Labute approximate surface area is 285 Å². The molecular formula is C38H30F3N3O4S. The number of hydrogen-bond donors (Lipinski definition) is 3. The van der Waals surface area contributed by atoms with Crippen LogP contribution in [0.1, 0.15) is 32.3 Å². The summed E-state index contributed by atoms with van der Waals surface area (Å²) in [7, 11) is 1.50. The second-order valence-electron chi connectivity index (χ2n) is 10.5. The predicted molar refractivity (Wildman–Crippen MR) is 185 cm³/mol. The SMILES string of the molecule is COc1ccccc1/C=C(\NC(=O)c1ccccc1)C(=O)Nc1ccc(SC(C(=O)Nc2ccccc2C(F)(F)F)c2ccccc2)cc1. The molecule has 0 saturated heterocycles. The highest BCUT2D eigenvalue weighted by Crippen LogP contribution is 2.39. The number of anilines is 2. The van der Waals surface area contributed by atoms with E-state index >= 15 is 0 Å². The fourth-order valence-electron chi connectivity index (χ4n) is 4.77. The third-order valence-corrected chi connectivity index (χ3v) is 8.43. The topological polar surface area (TPSA) is 96.5 Å². The molecule has 0 bridgehead atoms. The maximum Gasteiger partial charge on any atom is 0.418 e. The zero-order valence-corrected chi connectivity index (χ0v) is 26.8. The molecule has 1 unspecified atom stereocenters. The summed E-state index contributed by atoms with van der Waals surface area (Å²) in [4.78, 5) is 40.6. The van der Waals surface area contributed by atoms with E-state index in [0.717, 1.165) is 17.8 Å². The van der Waals surface area contributed by atoms with Crippen LogP contribution < -0.4 is 20.7 Å². The number of methoxy groups -OCH3 is 1. The molecule has 248 valence electrons. The van der Waals surface area contributed by atoms with Crippen molar-refractivity contribution in [2.24, 2.45) is 0 Å². The minimum atomic E-state index is -4.65. The second kappa shape index (κ2) is 15.9. The quantitative estimate of drug-likeness (QED) is 0.0959. The van der Waals surface area contributed by atoms with Crippen molar-refractivity contribution in [3.8, 4) is 5.75 Å². The van der Waals surface area contributed by atoms with E-state index in [0.29, 0.717) is 33.0 Å². The number of carbonyl (C=O) groups excluding carboxylic acids is 3. The highest BCUT2D eigenvalue weighted by Gasteiger charge is 2.34. The number of carbonyl (C=O) groups is 3. The fraction of sp³-hybridized carbons (Fsp3) is 0.0789. The summed E-state index contributed by atoms with van der Waals surface area (Å²) in [6.07, 6.45) is -3.13. The summed E-state index contributed by atoms with van der Waals surface area (Å²) in [5, 5.41) is 7.03. The molecule has 3 amide bonds. The van der Waals surface area contributed by atoms with Gasteiger partial charge in [-0.3, -0.25) is 14.4 Å². The van der Waals surface area contributed by atoms with Gasteiger partial charge in [-0.2, -0.15) is 13.2 Å². The highest BCUT2D eigenvalue weighted by atomic mass is 32.2. The minimum Gasteiger partial charge on any atom is -0.496 e. The first kappa shape index (κ1) is 34.5. The number of para-hydroxylation sites is 2. The average Bonchev–Trinajstić information content (AvgIpc) is 3.11. The maximum absolute atomic E-state index is 13.6. The van der Waals surface area contributed by atoms with Gasteiger partial charge >= 0.3 is 6.18 Å². The molecule has 49 heavy (non-hydrogen) atoms. The number of thioether (sulfide) groups is 1. The summed E-state index contributed by atoms with van der Waals surface area (Å²) >= 11 is 1.14. The van der Waals surface area contributed by atoms with Crippen LogP contribution >= 0.6 is 11.8 Å². The van der Waals surface area contributed by atoms with Gasteiger partial charge in [0.25, 0.3) is 11.8 Å². The van der Waals surface area contributed by atoms with Crippen molar-refractivity contribution >= 4 is 46.9 Å². The summed E-state index contributed by atoms with van der Waals surface area (Å²) in [6.45, 7) is 0. The lowest BCUT2D eigenvalue weighted by Crippen LogP contribution is -2.30. The van der Waals surface area contributed by atoms with Crippen LogP contribution in [0, 0.1) is 0 Å². The lowest BCUT2D eigenvalue weighted by molar-refractivity contribution is -0.137. The molecule has 0 fully saturated rings. The molecule has 5 rings (SSSR count). The van der Waals surface area contributed by atoms with Crippen LogP contribution in [-0.2, 0) is 15.8 Å². The number of alkyl halides is 3. The van der Waals surface area contributed by atoms with E-state index in [1.807, 2.05) is 0 Å². The molecular weight excluding hydrogens is 651 g/mol. The molecule has 0 aliphatic heterocycles. The normalized spacial score (nSPS) is 12.0. The van der Waals surface area contributed by atoms with Crippen LogP contribution in [0.2, 0.25) is 0 Å². The zero-order valence-electron chi connectivity index (χ0n) is 26.0. The van der Waals surface area contributed by atoms with Crippen LogP contribution in [0.4, 0.5) is 24.5 Å². The molecule has 0 saturated carbocycles. The van der Waals surface area contributed by atoms with Crippen molar-refractivity contribution in [3.63, 3.8) is 0 Å². The van der Waals surface area contributed by atoms with Crippen molar-refractivity contribution in [2.75, 3.05) is 17.7 Å². The van der Waals surface area contributed by atoms with Gasteiger partial charge in [-0.15, -0.1) is 11.8 Å². The lowest BCUT2D eigenvalue weighted by Gasteiger charge is -2.19. The van der Waals surface area contributed by atoms with E-state index < -0.39 is 34.7 Å². The zero-order chi connectivity index (χ0) is 34.8. The van der Waals surface area contributed by atoms with Crippen LogP contribution in [0.15, 0.2) is 144 Å². The second-order valence-corrected chi connectivity index (χ2v) is 11.7. The number of nitrogens with one attached hydrogen (secondary N) is 3. The van der Waals surface area contributed by atoms with Gasteiger partial charge in [0.05, 0.1) is 18.4 Å². The number of rotatable bonds is 11. The summed E-state index contributed by atoms with van der Waals surface area (Å²) in [5.41, 5.74) is 0.605. The van der Waals surface area contributed by atoms with Crippen molar-refractivity contribution in [2.45, 2.75) is 16.3 Å². The van der Waals surface area contributed by atoms with Crippen LogP contribution in [0.3, 0.4) is 0 Å². The number of halogens is 3. The standard InChI is InChI=1S/C38H30F3N3O4S/c1-48-33-19-11-8-16-27(33)24-32(44-35(45)26-14-6-3-7-15-26)36(46)42-28-20-22-29(23-21-28)49-34(25-12-4-2-5-13-25)37(47)43-31-18-10-9-17-30(31)38(39,40)41/h2-24,34H,1H3,(H,42,46)(H,43,47)(H,44,45)/b32-24-. The summed E-state index contributed by atoms with van der Waals surface area (Å²) in [5.74, 6) is -1.21. The summed E-state index contributed by atoms with van der Waals surface area (Å²) in [6, 6.07) is 35.6. The van der Waals surface area contributed by atoms with E-state index in [9.17, 15) is 27.6 Å². The molecule has 11 heteroatoms. The van der Waals surface area contributed by atoms with Crippen LogP contribution in [0.25, 0.3) is 6.08 Å². The Bertz CT molecular complexity index is 1950. The largest absolute Gasteiger partial charge is 0.496 e. The number of ether oxygens (including phenoxy) is 1. The fourth-order valence-corrected chi connectivity index (χ4v) is 5.80. The van der Waals surface area contributed by atoms with E-state index in [4.69, 9.17) is 4.74 Å². The molecule has 0 radical (unpaired) electrons. The highest BCUT2D eigenvalue weighted by molar-refractivity contribution is 8.00. The van der Waals surface area contributed by atoms with Gasteiger partial charge in [0, 0.05) is 21.7 Å². The first-order chi connectivity index (χ1) is 23.6. The third-order valence-electron chi connectivity index (χ3n) is 7.16. The van der Waals surface area contributed by atoms with E-state index in [1.165, 1.54) is 31.4 Å². The Morgan fingerprint density at radius 3 is 2.02 bits per heavy atom. The molecule has 5 aromatic rings. The molecule has 0 aliphatic rings. The first-order valence-electron chi connectivity index (χ1n) is 14.9. The molecule has 1 atom stereocenters. The van der Waals surface area contributed by atoms with Gasteiger partial charge in [0.2, 0.25) is 5.91 Å². The molecule has 0 aromatic heterocycles. The third kappa shape index (κ3) is 9.17. The van der Waals surface area contributed by atoms with Crippen molar-refractivity contribution in [3.05, 3.63) is 161 Å². The molecule has 0 spiro atoms. The van der Waals surface area contributed by atoms with Gasteiger partial charge in [-0.25, -0.2) is 0 Å². The van der Waals surface area contributed by atoms with E-state index in [2.05, 4.69) is 16.0 Å². The Balaban J connectivity index is 1.36. The Hall–Kier alpha value is -5.81. The monoisotopic (exact) mass is 681 g/mol. The molecule has 3 N–H and O–H groups in total. The molecule has 5 aromatic carbocycles. The predicted octanol–water partition coefficient (Wildman–Crippen LogP) is 8.60. The Morgan fingerprint density at radius 2 is 1.35 bits per heavy atom. The first-order valence-corrected chi connectivity index (χ1v) is 15.8. The van der Waals surface area contributed by atoms with Gasteiger partial charge in [0.15, 0.2) is 0 Å². The van der Waals surface area contributed by atoms with Gasteiger partial charge in [-0.05, 0) is 66.2 Å². The smallest absolute Gasteiger partial charge is 0.418 e. The molecule has 7 nitrogen and oxygen atoms in total. The van der Waals surface area contributed by atoms with E-state index in [1.54, 1.807) is 109 Å². The molecule has 0 aliphatic carbocycles. The number of benzene rings is 5. The average molecular weight is 682 g/mol. The van der Waals surface area contributed by atoms with Crippen LogP contribution in [-0.4, -0.2) is 24.8 Å². The number of amides is 3. The van der Waals surface area contributed by atoms with Crippen molar-refractivity contribution in [1.82, 2.24) is 5.32 Å². The molecule has 0 heterocycles. The van der Waals surface area contributed by atoms with Crippen molar-refractivity contribution < 1.29 is 32.3 Å². The van der Waals surface area contributed by atoms with Gasteiger partial charge in [-0.1, -0.05) is 78.9 Å². The van der Waals surface area contributed by atoms with Crippen molar-refractivity contribution in [1.29, 1.82) is 0 Å². The Kier molecular flexibility index (Phi) is 11.2. The minimum absolute atomic E-state index is 0.0308. The van der Waals surface area contributed by atoms with Crippen LogP contribution in [0.5, 0.6) is 5.75 Å². The van der Waals surface area contributed by atoms with Gasteiger partial charge in [0.1, 0.15) is 16.7 Å². The van der Waals surface area contributed by atoms with Gasteiger partial charge < -0.3 is 20.7 Å². The maximum atomic E-state index is 13.6. The Morgan fingerprint density at radius 1 is 0.735 bits per heavy atom. The lowest BCUT2D eigenvalue weighted by atomic mass is 10.1.